The molecular weight excluding hydrogens is 420 g/mol. The lowest BCUT2D eigenvalue weighted by atomic mass is 10.1. The zero-order valence-electron chi connectivity index (χ0n) is 14.7. The van der Waals surface area contributed by atoms with Gasteiger partial charge in [0.05, 0.1) is 36.7 Å². The van der Waals surface area contributed by atoms with Crippen molar-refractivity contribution in [1.82, 2.24) is 25.3 Å². The third-order valence-electron chi connectivity index (χ3n) is 4.15. The van der Waals surface area contributed by atoms with Crippen molar-refractivity contribution in [2.75, 3.05) is 5.32 Å². The van der Waals surface area contributed by atoms with Gasteiger partial charge >= 0.3 is 6.03 Å². The molecule has 4 N–H and O–H groups in total. The van der Waals surface area contributed by atoms with Crippen LogP contribution in [-0.2, 0) is 6.54 Å². The number of amides is 2. The van der Waals surface area contributed by atoms with Gasteiger partial charge in [0.15, 0.2) is 0 Å². The Hall–Kier alpha value is -3.39. The van der Waals surface area contributed by atoms with Crippen molar-refractivity contribution in [3.8, 4) is 22.5 Å². The number of anilines is 1. The third kappa shape index (κ3) is 4.29. The lowest BCUT2D eigenvalue weighted by Crippen LogP contribution is -2.28. The van der Waals surface area contributed by atoms with Crippen LogP contribution < -0.4 is 10.6 Å². The summed E-state index contributed by atoms with van der Waals surface area (Å²) in [6.45, 7) is 0.300. The van der Waals surface area contributed by atoms with Crippen LogP contribution in [0.4, 0.5) is 10.5 Å². The van der Waals surface area contributed by atoms with Gasteiger partial charge in [0.1, 0.15) is 5.82 Å². The molecule has 2 aromatic carbocycles. The SMILES string of the molecule is O=C(NCc1ncc(-c2ccc(Br)cc2)[nH]1)Nc1ccc(-c2cnc[nH]2)cc1. The van der Waals surface area contributed by atoms with Gasteiger partial charge in [0, 0.05) is 10.2 Å². The van der Waals surface area contributed by atoms with Crippen LogP contribution >= 0.6 is 15.9 Å². The van der Waals surface area contributed by atoms with Gasteiger partial charge in [-0.3, -0.25) is 0 Å². The summed E-state index contributed by atoms with van der Waals surface area (Å²) in [7, 11) is 0. The van der Waals surface area contributed by atoms with Gasteiger partial charge in [-0.2, -0.15) is 0 Å². The summed E-state index contributed by atoms with van der Waals surface area (Å²) in [5.41, 5.74) is 4.56. The average molecular weight is 437 g/mol. The molecule has 0 bridgehead atoms. The maximum atomic E-state index is 12.1. The molecule has 0 aliphatic heterocycles. The van der Waals surface area contributed by atoms with Gasteiger partial charge < -0.3 is 20.6 Å². The van der Waals surface area contributed by atoms with E-state index in [1.807, 2.05) is 48.5 Å². The number of halogens is 1. The van der Waals surface area contributed by atoms with Gasteiger partial charge in [-0.25, -0.2) is 14.8 Å². The lowest BCUT2D eigenvalue weighted by molar-refractivity contribution is 0.251. The third-order valence-corrected chi connectivity index (χ3v) is 4.68. The normalized spacial score (nSPS) is 10.6. The molecule has 4 aromatic rings. The summed E-state index contributed by atoms with van der Waals surface area (Å²) in [4.78, 5) is 26.7. The summed E-state index contributed by atoms with van der Waals surface area (Å²) in [6, 6.07) is 15.2. The molecule has 0 fully saturated rings. The average Bonchev–Trinajstić information content (AvgIpc) is 3.40. The van der Waals surface area contributed by atoms with Crippen molar-refractivity contribution in [2.24, 2.45) is 0 Å². The topological polar surface area (TPSA) is 98.5 Å². The Labute approximate surface area is 169 Å². The molecule has 0 saturated carbocycles. The van der Waals surface area contributed by atoms with Gasteiger partial charge in [-0.05, 0) is 35.4 Å². The standard InChI is InChI=1S/C20H17BrN6O/c21-15-5-1-14(2-6-15)18-10-23-19(27-18)11-24-20(28)26-16-7-3-13(4-8-16)17-9-22-12-25-17/h1-10,12H,11H2,(H,22,25)(H,23,27)(H2,24,26,28). The second-order valence-electron chi connectivity index (χ2n) is 6.10. The first-order valence-corrected chi connectivity index (χ1v) is 9.40. The molecule has 0 spiro atoms. The fraction of sp³-hybridized carbons (Fsp3) is 0.0500. The van der Waals surface area contributed by atoms with Crippen LogP contribution in [0.3, 0.4) is 0 Å². The summed E-state index contributed by atoms with van der Waals surface area (Å²) in [6.07, 6.45) is 5.14. The highest BCUT2D eigenvalue weighted by Crippen LogP contribution is 2.20. The van der Waals surface area contributed by atoms with Crippen molar-refractivity contribution < 1.29 is 4.79 Å². The van der Waals surface area contributed by atoms with Crippen LogP contribution in [0, 0.1) is 0 Å². The number of hydrogen-bond acceptors (Lipinski definition) is 3. The van der Waals surface area contributed by atoms with E-state index in [0.29, 0.717) is 18.1 Å². The highest BCUT2D eigenvalue weighted by molar-refractivity contribution is 9.10. The highest BCUT2D eigenvalue weighted by atomic mass is 79.9. The highest BCUT2D eigenvalue weighted by Gasteiger charge is 2.06. The Bertz CT molecular complexity index is 1060. The first-order valence-electron chi connectivity index (χ1n) is 8.61. The molecule has 8 heteroatoms. The molecule has 0 aliphatic carbocycles. The molecule has 140 valence electrons. The van der Waals surface area contributed by atoms with Crippen molar-refractivity contribution in [3.63, 3.8) is 0 Å². The van der Waals surface area contributed by atoms with Crippen LogP contribution in [0.15, 0.2) is 71.7 Å². The van der Waals surface area contributed by atoms with E-state index in [4.69, 9.17) is 0 Å². The Morgan fingerprint density at radius 2 is 1.68 bits per heavy atom. The van der Waals surface area contributed by atoms with E-state index in [0.717, 1.165) is 27.0 Å². The lowest BCUT2D eigenvalue weighted by Gasteiger charge is -2.07. The van der Waals surface area contributed by atoms with Crippen LogP contribution in [0.1, 0.15) is 5.82 Å². The number of aromatic nitrogens is 4. The van der Waals surface area contributed by atoms with Crippen LogP contribution in [-0.4, -0.2) is 26.0 Å². The number of nitrogens with zero attached hydrogens (tertiary/aromatic N) is 2. The molecule has 28 heavy (non-hydrogen) atoms. The number of urea groups is 1. The van der Waals surface area contributed by atoms with Gasteiger partial charge in [0.2, 0.25) is 0 Å². The van der Waals surface area contributed by atoms with E-state index >= 15 is 0 Å². The minimum atomic E-state index is -0.295. The summed E-state index contributed by atoms with van der Waals surface area (Å²) in [5, 5.41) is 5.60. The molecule has 2 heterocycles. The minimum Gasteiger partial charge on any atom is -0.345 e. The largest absolute Gasteiger partial charge is 0.345 e. The second kappa shape index (κ2) is 8.10. The van der Waals surface area contributed by atoms with E-state index in [1.54, 1.807) is 18.7 Å². The smallest absolute Gasteiger partial charge is 0.319 e. The second-order valence-corrected chi connectivity index (χ2v) is 7.02. The predicted molar refractivity (Wildman–Crippen MR) is 112 cm³/mol. The van der Waals surface area contributed by atoms with Gasteiger partial charge in [-0.1, -0.05) is 40.2 Å². The van der Waals surface area contributed by atoms with Crippen molar-refractivity contribution in [3.05, 3.63) is 77.5 Å². The van der Waals surface area contributed by atoms with Crippen LogP contribution in [0.25, 0.3) is 22.5 Å². The van der Waals surface area contributed by atoms with Crippen molar-refractivity contribution >= 4 is 27.6 Å². The molecule has 4 rings (SSSR count). The fourth-order valence-electron chi connectivity index (χ4n) is 2.71. The van der Waals surface area contributed by atoms with E-state index in [2.05, 4.69) is 46.5 Å². The Balaban J connectivity index is 1.31. The predicted octanol–water partition coefficient (Wildman–Crippen LogP) is 4.55. The first kappa shape index (κ1) is 18.0. The van der Waals surface area contributed by atoms with Gasteiger partial charge in [-0.15, -0.1) is 0 Å². The maximum absolute atomic E-state index is 12.1. The quantitative estimate of drug-likeness (QED) is 0.369. The Morgan fingerprint density at radius 1 is 0.964 bits per heavy atom. The summed E-state index contributed by atoms with van der Waals surface area (Å²) < 4.78 is 1.02. The van der Waals surface area contributed by atoms with Gasteiger partial charge in [0.25, 0.3) is 0 Å². The van der Waals surface area contributed by atoms with Crippen molar-refractivity contribution in [2.45, 2.75) is 6.54 Å². The summed E-state index contributed by atoms with van der Waals surface area (Å²) in [5.74, 6) is 0.683. The number of carbonyl (C=O) groups is 1. The van der Waals surface area contributed by atoms with Crippen LogP contribution in [0.2, 0.25) is 0 Å². The maximum Gasteiger partial charge on any atom is 0.319 e. The zero-order valence-corrected chi connectivity index (χ0v) is 16.3. The number of aromatic amines is 2. The number of nitrogens with one attached hydrogen (secondary N) is 4. The molecule has 0 aliphatic rings. The molecule has 7 nitrogen and oxygen atoms in total. The van der Waals surface area contributed by atoms with E-state index in [1.165, 1.54) is 0 Å². The molecule has 0 radical (unpaired) electrons. The summed E-state index contributed by atoms with van der Waals surface area (Å²) >= 11 is 3.42. The first-order chi connectivity index (χ1) is 13.7. The molecule has 0 saturated heterocycles. The number of carbonyl (C=O) groups excluding carboxylic acids is 1. The van der Waals surface area contributed by atoms with Crippen molar-refractivity contribution in [1.29, 1.82) is 0 Å². The fourth-order valence-corrected chi connectivity index (χ4v) is 2.98. The minimum absolute atomic E-state index is 0.295. The molecule has 0 atom stereocenters. The molecule has 0 unspecified atom stereocenters. The number of benzene rings is 2. The molecule has 2 aromatic heterocycles. The Morgan fingerprint density at radius 3 is 2.39 bits per heavy atom. The molecular formula is C20H17BrN6O. The van der Waals surface area contributed by atoms with E-state index < -0.39 is 0 Å². The number of hydrogen-bond donors (Lipinski definition) is 4. The van der Waals surface area contributed by atoms with E-state index in [9.17, 15) is 4.79 Å². The monoisotopic (exact) mass is 436 g/mol. The Kier molecular flexibility index (Phi) is 5.20. The van der Waals surface area contributed by atoms with E-state index in [-0.39, 0.29) is 6.03 Å². The zero-order chi connectivity index (χ0) is 19.3. The number of rotatable bonds is 5. The number of imidazole rings is 2. The number of H-pyrrole nitrogens is 2. The molecule has 2 amide bonds. The van der Waals surface area contributed by atoms with Crippen LogP contribution in [0.5, 0.6) is 0 Å².